The molecular formula is C6H11O2. The first kappa shape index (κ1) is 7.66. The molecule has 0 aliphatic rings. The summed E-state index contributed by atoms with van der Waals surface area (Å²) >= 11 is 0. The summed E-state index contributed by atoms with van der Waals surface area (Å²) in [6.45, 7) is 7.23. The highest BCUT2D eigenvalue weighted by Gasteiger charge is 1.93. The number of hydrogen-bond donors (Lipinski definition) is 0. The third-order valence-electron chi connectivity index (χ3n) is 0.564. The van der Waals surface area contributed by atoms with E-state index in [0.717, 1.165) is 5.57 Å². The zero-order chi connectivity index (χ0) is 6.57. The Morgan fingerprint density at radius 1 is 1.88 bits per heavy atom. The molecule has 0 aromatic heterocycles. The predicted molar refractivity (Wildman–Crippen MR) is 30.9 cm³/mol. The van der Waals surface area contributed by atoms with Crippen molar-refractivity contribution in [2.45, 2.75) is 20.1 Å². The van der Waals surface area contributed by atoms with Crippen LogP contribution in [0.15, 0.2) is 12.2 Å². The van der Waals surface area contributed by atoms with Gasteiger partial charge in [-0.1, -0.05) is 12.2 Å². The molecule has 1 unspecified atom stereocenters. The van der Waals surface area contributed by atoms with Crippen LogP contribution in [0.25, 0.3) is 0 Å². The lowest BCUT2D eigenvalue weighted by molar-refractivity contribution is -0.119. The maximum atomic E-state index is 10.2. The van der Waals surface area contributed by atoms with Crippen LogP contribution in [-0.2, 0) is 9.84 Å². The van der Waals surface area contributed by atoms with Crippen molar-refractivity contribution in [3.05, 3.63) is 12.2 Å². The van der Waals surface area contributed by atoms with E-state index in [-0.39, 0.29) is 0 Å². The molecule has 2 heteroatoms. The molecule has 0 fully saturated rings. The summed E-state index contributed by atoms with van der Waals surface area (Å²) in [6.07, 6.45) is -0.924. The summed E-state index contributed by atoms with van der Waals surface area (Å²) < 4.78 is 4.65. The molecule has 0 N–H and O–H groups in total. The quantitative estimate of drug-likeness (QED) is 0.403. The molecule has 0 amide bonds. The van der Waals surface area contributed by atoms with Gasteiger partial charge in [0.25, 0.3) is 0 Å². The van der Waals surface area contributed by atoms with Crippen molar-refractivity contribution < 1.29 is 9.84 Å². The van der Waals surface area contributed by atoms with Gasteiger partial charge in [-0.15, -0.1) is 0 Å². The number of hydrogen-bond acceptors (Lipinski definition) is 1. The number of rotatable bonds is 3. The molecule has 1 radical (unpaired) electrons. The van der Waals surface area contributed by atoms with Gasteiger partial charge >= 0.3 is 0 Å². The predicted octanol–water partition coefficient (Wildman–Crippen LogP) is 1.36. The second-order valence-corrected chi connectivity index (χ2v) is 1.84. The van der Waals surface area contributed by atoms with Crippen LogP contribution < -0.4 is 0 Å². The van der Waals surface area contributed by atoms with Crippen molar-refractivity contribution in [3.63, 3.8) is 0 Å². The Morgan fingerprint density at radius 2 is 2.38 bits per heavy atom. The van der Waals surface area contributed by atoms with Gasteiger partial charge in [0, 0.05) is 0 Å². The molecule has 0 saturated carbocycles. The van der Waals surface area contributed by atoms with E-state index in [1.807, 2.05) is 6.92 Å². The third kappa shape index (κ3) is 5.66. The number of ether oxygens (including phenoxy) is 1. The molecule has 1 atom stereocenters. The van der Waals surface area contributed by atoms with Crippen LogP contribution in [-0.4, -0.2) is 12.9 Å². The lowest BCUT2D eigenvalue weighted by atomic mass is 10.4. The summed E-state index contributed by atoms with van der Waals surface area (Å²) in [7, 11) is 0. The fraction of sp³-hybridized carbons (Fsp3) is 0.667. The van der Waals surface area contributed by atoms with E-state index >= 15 is 0 Å². The van der Waals surface area contributed by atoms with E-state index < -0.39 is 6.29 Å². The van der Waals surface area contributed by atoms with Gasteiger partial charge in [0.05, 0.1) is 6.61 Å². The average molecular weight is 115 g/mol. The SMILES string of the molecule is C=C(C)COC(C)[O]. The summed E-state index contributed by atoms with van der Waals surface area (Å²) in [5.74, 6) is 0. The maximum Gasteiger partial charge on any atom is 0.188 e. The zero-order valence-electron chi connectivity index (χ0n) is 5.31. The molecule has 0 spiro atoms. The van der Waals surface area contributed by atoms with Gasteiger partial charge in [-0.05, 0) is 13.8 Å². The highest BCUT2D eigenvalue weighted by Crippen LogP contribution is 1.91. The molecule has 0 bridgehead atoms. The molecule has 0 rings (SSSR count). The lowest BCUT2D eigenvalue weighted by Gasteiger charge is -2.01. The van der Waals surface area contributed by atoms with Crippen LogP contribution in [0.2, 0.25) is 0 Å². The van der Waals surface area contributed by atoms with Gasteiger partial charge in [-0.2, -0.15) is 0 Å². The van der Waals surface area contributed by atoms with E-state index in [4.69, 9.17) is 0 Å². The Labute approximate surface area is 49.8 Å². The van der Waals surface area contributed by atoms with Crippen molar-refractivity contribution in [2.24, 2.45) is 0 Å². The Hall–Kier alpha value is -0.340. The molecule has 0 aromatic rings. The minimum Gasteiger partial charge on any atom is -0.346 e. The van der Waals surface area contributed by atoms with Crippen molar-refractivity contribution in [3.8, 4) is 0 Å². The molecule has 0 heterocycles. The average Bonchev–Trinajstić information content (AvgIpc) is 1.61. The largest absolute Gasteiger partial charge is 0.346 e. The molecule has 47 valence electrons. The summed E-state index contributed by atoms with van der Waals surface area (Å²) in [5, 5.41) is 10.2. The van der Waals surface area contributed by atoms with Crippen LogP contribution in [0.3, 0.4) is 0 Å². The van der Waals surface area contributed by atoms with Crippen LogP contribution >= 0.6 is 0 Å². The molecule has 0 saturated heterocycles. The van der Waals surface area contributed by atoms with E-state index in [2.05, 4.69) is 11.3 Å². The molecule has 0 aliphatic carbocycles. The van der Waals surface area contributed by atoms with E-state index in [9.17, 15) is 5.11 Å². The second kappa shape index (κ2) is 3.64. The minimum absolute atomic E-state index is 0.380. The van der Waals surface area contributed by atoms with Crippen LogP contribution in [0.5, 0.6) is 0 Å². The second-order valence-electron chi connectivity index (χ2n) is 1.84. The lowest BCUT2D eigenvalue weighted by Crippen LogP contribution is -2.05. The van der Waals surface area contributed by atoms with Gasteiger partial charge in [0.1, 0.15) is 0 Å². The van der Waals surface area contributed by atoms with Crippen molar-refractivity contribution in [2.75, 3.05) is 6.61 Å². The molecule has 0 aliphatic heterocycles. The third-order valence-corrected chi connectivity index (χ3v) is 0.564. The smallest absolute Gasteiger partial charge is 0.188 e. The highest BCUT2D eigenvalue weighted by atomic mass is 16.6. The molecular weight excluding hydrogens is 104 g/mol. The summed E-state index contributed by atoms with van der Waals surface area (Å²) in [4.78, 5) is 0. The van der Waals surface area contributed by atoms with Crippen LogP contribution in [0.1, 0.15) is 13.8 Å². The summed E-state index contributed by atoms with van der Waals surface area (Å²) in [5.41, 5.74) is 0.882. The molecule has 0 aromatic carbocycles. The maximum absolute atomic E-state index is 10.2. The molecule has 8 heavy (non-hydrogen) atoms. The van der Waals surface area contributed by atoms with Crippen molar-refractivity contribution in [1.29, 1.82) is 0 Å². The Kier molecular flexibility index (Phi) is 3.48. The first-order valence-corrected chi connectivity index (χ1v) is 2.54. The first-order valence-electron chi connectivity index (χ1n) is 2.54. The normalized spacial score (nSPS) is 13.4. The fourth-order valence-electron chi connectivity index (χ4n) is 0.260. The van der Waals surface area contributed by atoms with Gasteiger partial charge in [0.2, 0.25) is 0 Å². The fourth-order valence-corrected chi connectivity index (χ4v) is 0.260. The standard InChI is InChI=1S/C6H11O2/c1-5(2)4-8-6(3)7/h6H,1,4H2,2-3H3. The molecule has 2 nitrogen and oxygen atoms in total. The van der Waals surface area contributed by atoms with E-state index in [1.165, 1.54) is 6.92 Å². The first-order chi connectivity index (χ1) is 3.63. The monoisotopic (exact) mass is 115 g/mol. The van der Waals surface area contributed by atoms with Crippen LogP contribution in [0.4, 0.5) is 0 Å². The van der Waals surface area contributed by atoms with Crippen molar-refractivity contribution in [1.82, 2.24) is 0 Å². The van der Waals surface area contributed by atoms with Gasteiger partial charge < -0.3 is 4.74 Å². The Morgan fingerprint density at radius 3 is 2.50 bits per heavy atom. The van der Waals surface area contributed by atoms with Crippen LogP contribution in [0, 0.1) is 0 Å². The topological polar surface area (TPSA) is 29.1 Å². The van der Waals surface area contributed by atoms with E-state index in [1.54, 1.807) is 0 Å². The van der Waals surface area contributed by atoms with Crippen molar-refractivity contribution >= 4 is 0 Å². The Bertz CT molecular complexity index is 76.6. The van der Waals surface area contributed by atoms with Gasteiger partial charge in [0.15, 0.2) is 6.29 Å². The van der Waals surface area contributed by atoms with Gasteiger partial charge in [-0.3, -0.25) is 0 Å². The van der Waals surface area contributed by atoms with Gasteiger partial charge in [-0.25, -0.2) is 5.11 Å². The summed E-state index contributed by atoms with van der Waals surface area (Å²) in [6, 6.07) is 0. The highest BCUT2D eigenvalue weighted by molar-refractivity contribution is 4.87. The van der Waals surface area contributed by atoms with E-state index in [0.29, 0.717) is 6.61 Å². The minimum atomic E-state index is -0.924. The zero-order valence-corrected chi connectivity index (χ0v) is 5.31. The Balaban J connectivity index is 3.05.